The summed E-state index contributed by atoms with van der Waals surface area (Å²) >= 11 is 0.731. The highest BCUT2D eigenvalue weighted by Gasteiger charge is 2.23. The van der Waals surface area contributed by atoms with Crippen LogP contribution < -0.4 is 10.0 Å². The fourth-order valence-corrected chi connectivity index (χ4v) is 3.98. The summed E-state index contributed by atoms with van der Waals surface area (Å²) in [5, 5.41) is 9.79. The van der Waals surface area contributed by atoms with Gasteiger partial charge in [-0.1, -0.05) is 24.3 Å². The maximum Gasteiger partial charge on any atom is 0.338 e. The largest absolute Gasteiger partial charge is 0.462 e. The second-order valence-corrected chi connectivity index (χ2v) is 7.91. The Morgan fingerprint density at radius 1 is 1.23 bits per heavy atom. The second-order valence-electron chi connectivity index (χ2n) is 5.08. The van der Waals surface area contributed by atoms with Crippen LogP contribution in [0.2, 0.25) is 0 Å². The van der Waals surface area contributed by atoms with Gasteiger partial charge in [0.2, 0.25) is 11.0 Å². The van der Waals surface area contributed by atoms with Crippen molar-refractivity contribution in [1.29, 1.82) is 0 Å². The monoisotopic (exact) mass is 398 g/mol. The van der Waals surface area contributed by atoms with E-state index in [0.717, 1.165) is 11.3 Å². The third kappa shape index (κ3) is 4.55. The van der Waals surface area contributed by atoms with E-state index in [1.54, 1.807) is 32.9 Å². The van der Waals surface area contributed by atoms with Crippen molar-refractivity contribution < 1.29 is 22.7 Å². The molecule has 0 spiro atoms. The third-order valence-corrected chi connectivity index (χ3v) is 5.85. The number of hydrogen-bond acceptors (Lipinski definition) is 8. The molecule has 26 heavy (non-hydrogen) atoms. The van der Waals surface area contributed by atoms with Crippen molar-refractivity contribution >= 4 is 44.1 Å². The van der Waals surface area contributed by atoms with Gasteiger partial charge >= 0.3 is 5.97 Å². The number of sulfonamides is 1. The number of anilines is 2. The molecule has 1 amide bonds. The summed E-state index contributed by atoms with van der Waals surface area (Å²) in [6.07, 6.45) is 0.236. The van der Waals surface area contributed by atoms with Gasteiger partial charge in [0.1, 0.15) is 0 Å². The number of aromatic nitrogens is 2. The molecule has 2 aromatic rings. The van der Waals surface area contributed by atoms with Crippen LogP contribution in [0.4, 0.5) is 10.8 Å². The molecule has 0 saturated carbocycles. The SMILES string of the molecule is CCOC(=O)c1cccc(NS(=O)(=O)c2nnc(NC(=O)CC)s2)c1C. The number of nitrogens with one attached hydrogen (secondary N) is 2. The summed E-state index contributed by atoms with van der Waals surface area (Å²) in [6.45, 7) is 5.17. The summed E-state index contributed by atoms with van der Waals surface area (Å²) in [4.78, 5) is 23.3. The number of hydrogen-bond donors (Lipinski definition) is 2. The minimum atomic E-state index is -4.02. The van der Waals surface area contributed by atoms with Gasteiger partial charge in [0.15, 0.2) is 0 Å². The van der Waals surface area contributed by atoms with E-state index in [-0.39, 0.29) is 39.7 Å². The van der Waals surface area contributed by atoms with Gasteiger partial charge in [-0.3, -0.25) is 9.52 Å². The molecule has 0 saturated heterocycles. The number of rotatable bonds is 7. The molecule has 1 aromatic heterocycles. The first kappa shape index (κ1) is 19.8. The van der Waals surface area contributed by atoms with Crippen LogP contribution in [0.1, 0.15) is 36.2 Å². The Bertz CT molecular complexity index is 924. The molecule has 0 fully saturated rings. The minimum Gasteiger partial charge on any atom is -0.462 e. The molecule has 0 aliphatic carbocycles. The van der Waals surface area contributed by atoms with E-state index in [1.807, 2.05) is 0 Å². The standard InChI is InChI=1S/C15H18N4O5S2/c1-4-12(20)16-14-17-18-15(25-14)26(22,23)19-11-8-6-7-10(9(11)3)13(21)24-5-2/h6-8,19H,4-5H2,1-3H3,(H,16,17,20). The molecule has 0 atom stereocenters. The predicted octanol–water partition coefficient (Wildman–Crippen LogP) is 2.17. The molecular formula is C15H18N4O5S2. The first-order valence-electron chi connectivity index (χ1n) is 7.71. The third-order valence-electron chi connectivity index (χ3n) is 3.28. The van der Waals surface area contributed by atoms with Crippen molar-refractivity contribution in [1.82, 2.24) is 10.2 Å². The number of carbonyl (C=O) groups excluding carboxylic acids is 2. The van der Waals surface area contributed by atoms with Crippen molar-refractivity contribution in [2.75, 3.05) is 16.6 Å². The molecule has 0 aliphatic rings. The lowest BCUT2D eigenvalue weighted by Gasteiger charge is -2.11. The highest BCUT2D eigenvalue weighted by Crippen LogP contribution is 2.26. The molecule has 0 aliphatic heterocycles. The van der Waals surface area contributed by atoms with Gasteiger partial charge in [-0.05, 0) is 31.5 Å². The Morgan fingerprint density at radius 2 is 1.96 bits per heavy atom. The van der Waals surface area contributed by atoms with Crippen LogP contribution in [-0.2, 0) is 19.6 Å². The van der Waals surface area contributed by atoms with Crippen LogP contribution in [-0.4, -0.2) is 37.1 Å². The molecule has 0 unspecified atom stereocenters. The molecule has 9 nitrogen and oxygen atoms in total. The van der Waals surface area contributed by atoms with Crippen LogP contribution in [0.5, 0.6) is 0 Å². The molecule has 0 bridgehead atoms. The topological polar surface area (TPSA) is 127 Å². The number of amides is 1. The molecule has 2 N–H and O–H groups in total. The molecular weight excluding hydrogens is 380 g/mol. The van der Waals surface area contributed by atoms with Crippen molar-refractivity contribution in [3.05, 3.63) is 29.3 Å². The zero-order valence-corrected chi connectivity index (χ0v) is 16.0. The average molecular weight is 398 g/mol. The maximum atomic E-state index is 12.5. The van der Waals surface area contributed by atoms with E-state index in [4.69, 9.17) is 4.74 Å². The summed E-state index contributed by atoms with van der Waals surface area (Å²) < 4.78 is 32.0. The Balaban J connectivity index is 2.26. The van der Waals surface area contributed by atoms with Crippen LogP contribution in [0, 0.1) is 6.92 Å². The van der Waals surface area contributed by atoms with E-state index in [2.05, 4.69) is 20.2 Å². The number of nitrogens with zero attached hydrogens (tertiary/aromatic N) is 2. The Labute approximate surface area is 154 Å². The van der Waals surface area contributed by atoms with Crippen LogP contribution in [0.15, 0.2) is 22.5 Å². The molecule has 11 heteroatoms. The van der Waals surface area contributed by atoms with E-state index in [1.165, 1.54) is 6.07 Å². The molecule has 140 valence electrons. The quantitative estimate of drug-likeness (QED) is 0.540. The van der Waals surface area contributed by atoms with Crippen LogP contribution in [0.3, 0.4) is 0 Å². The van der Waals surface area contributed by atoms with Crippen LogP contribution in [0.25, 0.3) is 0 Å². The predicted molar refractivity (Wildman–Crippen MR) is 96.8 cm³/mol. The average Bonchev–Trinajstić information content (AvgIpc) is 3.06. The van der Waals surface area contributed by atoms with Crippen molar-refractivity contribution in [3.8, 4) is 0 Å². The Kier molecular flexibility index (Phi) is 6.27. The van der Waals surface area contributed by atoms with Gasteiger partial charge in [0, 0.05) is 6.42 Å². The Hall–Kier alpha value is -2.53. The lowest BCUT2D eigenvalue weighted by Crippen LogP contribution is -2.15. The summed E-state index contributed by atoms with van der Waals surface area (Å²) in [5.74, 6) is -0.831. The number of esters is 1. The first-order chi connectivity index (χ1) is 12.3. The number of ether oxygens (including phenoxy) is 1. The first-order valence-corrected chi connectivity index (χ1v) is 10.0. The normalized spacial score (nSPS) is 11.0. The molecule has 0 radical (unpaired) electrons. The summed E-state index contributed by atoms with van der Waals surface area (Å²) in [5.41, 5.74) is 0.920. The maximum absolute atomic E-state index is 12.5. The fraction of sp³-hybridized carbons (Fsp3) is 0.333. The summed E-state index contributed by atoms with van der Waals surface area (Å²) in [6, 6.07) is 4.62. The zero-order valence-electron chi connectivity index (χ0n) is 14.4. The van der Waals surface area contributed by atoms with Gasteiger partial charge in [-0.2, -0.15) is 8.42 Å². The minimum absolute atomic E-state index is 0.0919. The highest BCUT2D eigenvalue weighted by molar-refractivity contribution is 7.94. The van der Waals surface area contributed by atoms with Gasteiger partial charge < -0.3 is 10.1 Å². The van der Waals surface area contributed by atoms with E-state index in [9.17, 15) is 18.0 Å². The second kappa shape index (κ2) is 8.23. The highest BCUT2D eigenvalue weighted by atomic mass is 32.2. The van der Waals surface area contributed by atoms with Crippen LogP contribution >= 0.6 is 11.3 Å². The van der Waals surface area contributed by atoms with Crippen molar-refractivity contribution in [2.45, 2.75) is 31.5 Å². The van der Waals surface area contributed by atoms with Gasteiger partial charge in [-0.25, -0.2) is 4.79 Å². The number of benzene rings is 1. The molecule has 1 heterocycles. The smallest absolute Gasteiger partial charge is 0.338 e. The van der Waals surface area contributed by atoms with Crippen molar-refractivity contribution in [3.63, 3.8) is 0 Å². The Morgan fingerprint density at radius 3 is 2.62 bits per heavy atom. The van der Waals surface area contributed by atoms with Crippen molar-refractivity contribution in [2.24, 2.45) is 0 Å². The number of carbonyl (C=O) groups is 2. The molecule has 2 rings (SSSR count). The zero-order chi connectivity index (χ0) is 19.3. The van der Waals surface area contributed by atoms with Gasteiger partial charge in [0.05, 0.1) is 17.9 Å². The molecule has 1 aromatic carbocycles. The van der Waals surface area contributed by atoms with Gasteiger partial charge in [0.25, 0.3) is 14.4 Å². The van der Waals surface area contributed by atoms with E-state index < -0.39 is 16.0 Å². The van der Waals surface area contributed by atoms with E-state index >= 15 is 0 Å². The lowest BCUT2D eigenvalue weighted by atomic mass is 10.1. The fourth-order valence-electron chi connectivity index (χ4n) is 1.94. The van der Waals surface area contributed by atoms with Gasteiger partial charge in [-0.15, -0.1) is 10.2 Å². The van der Waals surface area contributed by atoms with E-state index in [0.29, 0.717) is 5.56 Å². The lowest BCUT2D eigenvalue weighted by molar-refractivity contribution is -0.115. The summed E-state index contributed by atoms with van der Waals surface area (Å²) in [7, 11) is -4.02.